The fraction of sp³-hybridized carbons (Fsp3) is 0.435. The molecule has 1 heterocycles. The summed E-state index contributed by atoms with van der Waals surface area (Å²) in [6, 6.07) is 20.5. The normalized spacial score (nSPS) is 21.6. The first-order chi connectivity index (χ1) is 13.0. The summed E-state index contributed by atoms with van der Waals surface area (Å²) in [5.41, 5.74) is 8.62. The molecule has 0 spiro atoms. The third-order valence-corrected chi connectivity index (χ3v) is 5.71. The molecule has 27 heavy (non-hydrogen) atoms. The molecule has 1 aliphatic heterocycles. The van der Waals surface area contributed by atoms with Gasteiger partial charge in [-0.15, -0.1) is 0 Å². The Balaban J connectivity index is 1.53. The van der Waals surface area contributed by atoms with E-state index >= 15 is 0 Å². The molecule has 4 nitrogen and oxygen atoms in total. The van der Waals surface area contributed by atoms with Crippen LogP contribution in [0.3, 0.4) is 0 Å². The fourth-order valence-electron chi connectivity index (χ4n) is 4.12. The van der Waals surface area contributed by atoms with E-state index in [1.54, 1.807) is 0 Å². The van der Waals surface area contributed by atoms with E-state index in [2.05, 4.69) is 42.2 Å². The van der Waals surface area contributed by atoms with Crippen LogP contribution in [0.5, 0.6) is 0 Å². The zero-order valence-electron chi connectivity index (χ0n) is 16.4. The molecule has 2 aromatic rings. The van der Waals surface area contributed by atoms with Crippen molar-refractivity contribution in [2.24, 2.45) is 11.7 Å². The number of piperidine rings is 1. The molecule has 0 aliphatic carbocycles. The van der Waals surface area contributed by atoms with E-state index in [0.717, 1.165) is 31.6 Å². The molecule has 4 heteroatoms. The van der Waals surface area contributed by atoms with Gasteiger partial charge in [0.1, 0.15) is 0 Å². The molecule has 1 amide bonds. The molecule has 2 N–H and O–H groups in total. The minimum Gasteiger partial charge on any atom is -0.342 e. The second kappa shape index (κ2) is 9.16. The van der Waals surface area contributed by atoms with Gasteiger partial charge in [0, 0.05) is 45.2 Å². The fourth-order valence-corrected chi connectivity index (χ4v) is 4.12. The first-order valence-electron chi connectivity index (χ1n) is 9.87. The molecule has 144 valence electrons. The minimum absolute atomic E-state index is 0.139. The highest BCUT2D eigenvalue weighted by Crippen LogP contribution is 2.24. The SMILES string of the molecule is C[C@@H]1CN(Cc2ccccc2)CC[C@@H]1N(C)C(=O)C[C@@H](N)c1ccccc1. The average molecular weight is 366 g/mol. The summed E-state index contributed by atoms with van der Waals surface area (Å²) >= 11 is 0. The maximum atomic E-state index is 12.8. The van der Waals surface area contributed by atoms with Gasteiger partial charge < -0.3 is 10.6 Å². The van der Waals surface area contributed by atoms with E-state index in [9.17, 15) is 4.79 Å². The van der Waals surface area contributed by atoms with E-state index in [1.165, 1.54) is 5.56 Å². The zero-order valence-corrected chi connectivity index (χ0v) is 16.4. The number of amides is 1. The van der Waals surface area contributed by atoms with Crippen LogP contribution in [0.1, 0.15) is 36.9 Å². The molecule has 3 atom stereocenters. The number of carbonyl (C=O) groups excluding carboxylic acids is 1. The Kier molecular flexibility index (Phi) is 6.64. The quantitative estimate of drug-likeness (QED) is 0.853. The lowest BCUT2D eigenvalue weighted by molar-refractivity contribution is -0.134. The van der Waals surface area contributed by atoms with Crippen molar-refractivity contribution in [2.75, 3.05) is 20.1 Å². The van der Waals surface area contributed by atoms with Crippen LogP contribution in [-0.2, 0) is 11.3 Å². The van der Waals surface area contributed by atoms with Crippen molar-refractivity contribution < 1.29 is 4.79 Å². The predicted molar refractivity (Wildman–Crippen MR) is 110 cm³/mol. The minimum atomic E-state index is -0.241. The summed E-state index contributed by atoms with van der Waals surface area (Å²) < 4.78 is 0. The molecule has 1 fully saturated rings. The van der Waals surface area contributed by atoms with Crippen LogP contribution >= 0.6 is 0 Å². The van der Waals surface area contributed by atoms with Crippen molar-refractivity contribution in [1.82, 2.24) is 9.80 Å². The lowest BCUT2D eigenvalue weighted by Crippen LogP contribution is -2.50. The monoisotopic (exact) mass is 365 g/mol. The lowest BCUT2D eigenvalue weighted by atomic mass is 9.91. The van der Waals surface area contributed by atoms with Gasteiger partial charge in [-0.1, -0.05) is 67.6 Å². The number of rotatable bonds is 6. The van der Waals surface area contributed by atoms with Crippen molar-refractivity contribution in [3.05, 3.63) is 71.8 Å². The van der Waals surface area contributed by atoms with E-state index < -0.39 is 0 Å². The first-order valence-corrected chi connectivity index (χ1v) is 9.87. The zero-order chi connectivity index (χ0) is 19.2. The van der Waals surface area contributed by atoms with Crippen LogP contribution in [0.15, 0.2) is 60.7 Å². The Bertz CT molecular complexity index is 719. The Hall–Kier alpha value is -2.17. The van der Waals surface area contributed by atoms with Gasteiger partial charge in [0.25, 0.3) is 0 Å². The highest BCUT2D eigenvalue weighted by Gasteiger charge is 2.31. The number of benzene rings is 2. The summed E-state index contributed by atoms with van der Waals surface area (Å²) in [5, 5.41) is 0. The molecule has 0 radical (unpaired) electrons. The Labute approximate surface area is 163 Å². The smallest absolute Gasteiger partial charge is 0.224 e. The van der Waals surface area contributed by atoms with E-state index in [-0.39, 0.29) is 18.0 Å². The number of nitrogens with two attached hydrogens (primary N) is 1. The molecule has 3 rings (SSSR count). The molecule has 0 unspecified atom stereocenters. The van der Waals surface area contributed by atoms with Crippen molar-refractivity contribution >= 4 is 5.91 Å². The lowest BCUT2D eigenvalue weighted by Gasteiger charge is -2.41. The number of likely N-dealkylation sites (tertiary alicyclic amines) is 1. The standard InChI is InChI=1S/C23H31N3O/c1-18-16-26(17-19-9-5-3-6-10-19)14-13-22(18)25(2)23(27)15-21(24)20-11-7-4-8-12-20/h3-12,18,21-22H,13-17,24H2,1-2H3/t18-,21-,22+/m1/s1. The Morgan fingerprint density at radius 3 is 2.41 bits per heavy atom. The highest BCUT2D eigenvalue weighted by atomic mass is 16.2. The van der Waals surface area contributed by atoms with Gasteiger partial charge in [-0.3, -0.25) is 9.69 Å². The topological polar surface area (TPSA) is 49.6 Å². The van der Waals surface area contributed by atoms with E-state index in [0.29, 0.717) is 12.3 Å². The number of nitrogens with zero attached hydrogens (tertiary/aromatic N) is 2. The van der Waals surface area contributed by atoms with Crippen molar-refractivity contribution in [3.63, 3.8) is 0 Å². The third kappa shape index (κ3) is 5.18. The first kappa shape index (κ1) is 19.6. The molecule has 1 aliphatic rings. The second-order valence-electron chi connectivity index (χ2n) is 7.78. The second-order valence-corrected chi connectivity index (χ2v) is 7.78. The molecule has 2 aromatic carbocycles. The largest absolute Gasteiger partial charge is 0.342 e. The predicted octanol–water partition coefficient (Wildman–Crippen LogP) is 3.45. The summed E-state index contributed by atoms with van der Waals surface area (Å²) in [7, 11) is 1.94. The van der Waals surface area contributed by atoms with Gasteiger partial charge >= 0.3 is 0 Å². The van der Waals surface area contributed by atoms with Gasteiger partial charge in [0.2, 0.25) is 5.91 Å². The van der Waals surface area contributed by atoms with Gasteiger partial charge in [-0.2, -0.15) is 0 Å². The van der Waals surface area contributed by atoms with Crippen LogP contribution in [0.2, 0.25) is 0 Å². The van der Waals surface area contributed by atoms with E-state index in [1.807, 2.05) is 42.3 Å². The molecule has 0 bridgehead atoms. The maximum absolute atomic E-state index is 12.8. The molecular weight excluding hydrogens is 334 g/mol. The summed E-state index contributed by atoms with van der Waals surface area (Å²) in [4.78, 5) is 17.2. The number of hydrogen-bond donors (Lipinski definition) is 1. The maximum Gasteiger partial charge on any atom is 0.224 e. The summed E-state index contributed by atoms with van der Waals surface area (Å²) in [6.07, 6.45) is 1.37. The van der Waals surface area contributed by atoms with Gasteiger partial charge in [0.15, 0.2) is 0 Å². The van der Waals surface area contributed by atoms with Gasteiger partial charge in [-0.05, 0) is 23.5 Å². The Morgan fingerprint density at radius 1 is 1.15 bits per heavy atom. The molecular formula is C23H31N3O. The van der Waals surface area contributed by atoms with Crippen molar-refractivity contribution in [3.8, 4) is 0 Å². The summed E-state index contributed by atoms with van der Waals surface area (Å²) in [6.45, 7) is 5.27. The summed E-state index contributed by atoms with van der Waals surface area (Å²) in [5.74, 6) is 0.587. The van der Waals surface area contributed by atoms with Crippen LogP contribution < -0.4 is 5.73 Å². The van der Waals surface area contributed by atoms with Crippen LogP contribution in [0, 0.1) is 5.92 Å². The van der Waals surface area contributed by atoms with Crippen molar-refractivity contribution in [1.29, 1.82) is 0 Å². The van der Waals surface area contributed by atoms with Crippen LogP contribution in [-0.4, -0.2) is 41.9 Å². The van der Waals surface area contributed by atoms with E-state index in [4.69, 9.17) is 5.73 Å². The van der Waals surface area contributed by atoms with Crippen molar-refractivity contribution in [2.45, 2.75) is 38.4 Å². The third-order valence-electron chi connectivity index (χ3n) is 5.71. The number of carbonyl (C=O) groups is 1. The molecule has 0 aromatic heterocycles. The molecule has 1 saturated heterocycles. The van der Waals surface area contributed by atoms with Crippen LogP contribution in [0.25, 0.3) is 0 Å². The molecule has 0 saturated carbocycles. The van der Waals surface area contributed by atoms with Gasteiger partial charge in [-0.25, -0.2) is 0 Å². The Morgan fingerprint density at radius 2 is 1.78 bits per heavy atom. The number of hydrogen-bond acceptors (Lipinski definition) is 3. The van der Waals surface area contributed by atoms with Crippen LogP contribution in [0.4, 0.5) is 0 Å². The average Bonchev–Trinajstić information content (AvgIpc) is 2.69. The van der Waals surface area contributed by atoms with Gasteiger partial charge in [0.05, 0.1) is 0 Å². The highest BCUT2D eigenvalue weighted by molar-refractivity contribution is 5.77.